The number of pyridine rings is 1. The number of rotatable bonds is 3. The highest BCUT2D eigenvalue weighted by Crippen LogP contribution is 2.27. The van der Waals surface area contributed by atoms with Gasteiger partial charge in [0.15, 0.2) is 6.29 Å². The number of hydrogen-bond acceptors (Lipinski definition) is 2. The van der Waals surface area contributed by atoms with Crippen molar-refractivity contribution < 1.29 is 4.79 Å². The van der Waals surface area contributed by atoms with Crippen molar-refractivity contribution in [3.05, 3.63) is 29.1 Å². The number of hydrogen-bond donors (Lipinski definition) is 0. The van der Waals surface area contributed by atoms with E-state index in [-0.39, 0.29) is 0 Å². The van der Waals surface area contributed by atoms with E-state index in [1.54, 1.807) is 6.20 Å². The third kappa shape index (κ3) is 2.00. The van der Waals surface area contributed by atoms with E-state index in [0.29, 0.717) is 11.8 Å². The molecule has 0 unspecified atom stereocenters. The molecule has 0 saturated carbocycles. The molecule has 0 amide bonds. The van der Waals surface area contributed by atoms with Crippen LogP contribution in [0.4, 0.5) is 0 Å². The Morgan fingerprint density at radius 3 is 2.21 bits per heavy atom. The predicted molar refractivity (Wildman–Crippen MR) is 57.8 cm³/mol. The van der Waals surface area contributed by atoms with E-state index in [1.165, 1.54) is 5.56 Å². The van der Waals surface area contributed by atoms with Crippen molar-refractivity contribution in [2.24, 2.45) is 0 Å². The topological polar surface area (TPSA) is 30.0 Å². The summed E-state index contributed by atoms with van der Waals surface area (Å²) in [6, 6.07) is 0. The fourth-order valence-corrected chi connectivity index (χ4v) is 1.72. The standard InChI is InChI=1S/C12H17NO/c1-8(2)11-6-13-5-10(7-14)12(11)9(3)4/h5-9H,1-4H3. The van der Waals surface area contributed by atoms with Crippen LogP contribution in [0.25, 0.3) is 0 Å². The molecule has 1 aromatic heterocycles. The molecule has 0 aliphatic rings. The molecule has 0 spiro atoms. The molecule has 0 aliphatic heterocycles. The summed E-state index contributed by atoms with van der Waals surface area (Å²) < 4.78 is 0. The fraction of sp³-hybridized carbons (Fsp3) is 0.500. The first-order valence-corrected chi connectivity index (χ1v) is 5.00. The van der Waals surface area contributed by atoms with E-state index in [2.05, 4.69) is 32.7 Å². The highest BCUT2D eigenvalue weighted by atomic mass is 16.1. The summed E-state index contributed by atoms with van der Waals surface area (Å²) in [6.07, 6.45) is 4.41. The van der Waals surface area contributed by atoms with Crippen molar-refractivity contribution in [2.45, 2.75) is 39.5 Å². The maximum Gasteiger partial charge on any atom is 0.151 e. The van der Waals surface area contributed by atoms with E-state index in [4.69, 9.17) is 0 Å². The van der Waals surface area contributed by atoms with Gasteiger partial charge < -0.3 is 0 Å². The lowest BCUT2D eigenvalue weighted by Gasteiger charge is -2.16. The molecule has 2 heteroatoms. The number of aldehydes is 1. The summed E-state index contributed by atoms with van der Waals surface area (Å²) in [5.41, 5.74) is 3.06. The molecule has 0 atom stereocenters. The van der Waals surface area contributed by atoms with Crippen LogP contribution in [0.5, 0.6) is 0 Å². The molecule has 1 aromatic rings. The molecule has 0 aromatic carbocycles. The van der Waals surface area contributed by atoms with Crippen molar-refractivity contribution in [3.8, 4) is 0 Å². The Morgan fingerprint density at radius 1 is 1.14 bits per heavy atom. The van der Waals surface area contributed by atoms with Crippen LogP contribution in [0.3, 0.4) is 0 Å². The molecule has 1 rings (SSSR count). The maximum absolute atomic E-state index is 10.9. The summed E-state index contributed by atoms with van der Waals surface area (Å²) in [6.45, 7) is 8.46. The summed E-state index contributed by atoms with van der Waals surface area (Å²) in [4.78, 5) is 15.0. The molecule has 14 heavy (non-hydrogen) atoms. The molecule has 76 valence electrons. The van der Waals surface area contributed by atoms with Crippen molar-refractivity contribution >= 4 is 6.29 Å². The second-order valence-corrected chi connectivity index (χ2v) is 4.16. The number of nitrogens with zero attached hydrogens (tertiary/aromatic N) is 1. The molecule has 0 saturated heterocycles. The second-order valence-electron chi connectivity index (χ2n) is 4.16. The van der Waals surface area contributed by atoms with Gasteiger partial charge in [0.05, 0.1) is 0 Å². The smallest absolute Gasteiger partial charge is 0.151 e. The van der Waals surface area contributed by atoms with Gasteiger partial charge in [0.25, 0.3) is 0 Å². The summed E-state index contributed by atoms with van der Waals surface area (Å²) >= 11 is 0. The van der Waals surface area contributed by atoms with Crippen LogP contribution in [0, 0.1) is 0 Å². The quantitative estimate of drug-likeness (QED) is 0.687. The van der Waals surface area contributed by atoms with Crippen LogP contribution < -0.4 is 0 Å². The first kappa shape index (κ1) is 10.9. The van der Waals surface area contributed by atoms with Crippen LogP contribution in [-0.2, 0) is 0 Å². The van der Waals surface area contributed by atoms with Gasteiger partial charge >= 0.3 is 0 Å². The van der Waals surface area contributed by atoms with Gasteiger partial charge in [0, 0.05) is 18.0 Å². The Bertz CT molecular complexity index is 329. The van der Waals surface area contributed by atoms with Gasteiger partial charge in [-0.05, 0) is 23.0 Å². The van der Waals surface area contributed by atoms with Crippen LogP contribution in [-0.4, -0.2) is 11.3 Å². The SMILES string of the molecule is CC(C)c1cncc(C=O)c1C(C)C. The zero-order chi connectivity index (χ0) is 10.7. The van der Waals surface area contributed by atoms with Crippen LogP contribution in [0.2, 0.25) is 0 Å². The normalized spacial score (nSPS) is 11.0. The minimum Gasteiger partial charge on any atom is -0.298 e. The monoisotopic (exact) mass is 191 g/mol. The number of carbonyl (C=O) groups excluding carboxylic acids is 1. The lowest BCUT2D eigenvalue weighted by molar-refractivity contribution is 0.112. The van der Waals surface area contributed by atoms with Crippen LogP contribution >= 0.6 is 0 Å². The summed E-state index contributed by atoms with van der Waals surface area (Å²) in [5.74, 6) is 0.787. The van der Waals surface area contributed by atoms with Crippen molar-refractivity contribution in [3.63, 3.8) is 0 Å². The van der Waals surface area contributed by atoms with E-state index < -0.39 is 0 Å². The van der Waals surface area contributed by atoms with Crippen LogP contribution in [0.15, 0.2) is 12.4 Å². The highest BCUT2D eigenvalue weighted by molar-refractivity contribution is 5.77. The summed E-state index contributed by atoms with van der Waals surface area (Å²) in [5, 5.41) is 0. The van der Waals surface area contributed by atoms with Gasteiger partial charge in [0.1, 0.15) is 0 Å². The molecular formula is C12H17NO. The first-order chi connectivity index (χ1) is 6.57. The average Bonchev–Trinajstić information content (AvgIpc) is 2.16. The predicted octanol–water partition coefficient (Wildman–Crippen LogP) is 3.14. The maximum atomic E-state index is 10.9. The molecule has 1 heterocycles. The Morgan fingerprint density at radius 2 is 1.79 bits per heavy atom. The zero-order valence-corrected chi connectivity index (χ0v) is 9.24. The molecule has 2 nitrogen and oxygen atoms in total. The fourth-order valence-electron chi connectivity index (χ4n) is 1.72. The van der Waals surface area contributed by atoms with E-state index in [0.717, 1.165) is 17.4 Å². The molecule has 0 aliphatic carbocycles. The Kier molecular flexibility index (Phi) is 3.39. The van der Waals surface area contributed by atoms with Gasteiger partial charge in [-0.25, -0.2) is 0 Å². The second kappa shape index (κ2) is 4.36. The molecular weight excluding hydrogens is 174 g/mol. The first-order valence-electron chi connectivity index (χ1n) is 5.00. The van der Waals surface area contributed by atoms with Gasteiger partial charge in [-0.2, -0.15) is 0 Å². The molecule has 0 fully saturated rings. The molecule has 0 bridgehead atoms. The average molecular weight is 191 g/mol. The number of aromatic nitrogens is 1. The lowest BCUT2D eigenvalue weighted by atomic mass is 9.89. The Hall–Kier alpha value is -1.18. The van der Waals surface area contributed by atoms with Gasteiger partial charge in [-0.3, -0.25) is 9.78 Å². The van der Waals surface area contributed by atoms with Gasteiger partial charge in [0.2, 0.25) is 0 Å². The molecule has 0 radical (unpaired) electrons. The highest BCUT2D eigenvalue weighted by Gasteiger charge is 2.14. The van der Waals surface area contributed by atoms with Crippen LogP contribution in [0.1, 0.15) is 61.0 Å². The van der Waals surface area contributed by atoms with E-state index in [9.17, 15) is 4.79 Å². The Labute approximate surface area is 85.4 Å². The number of carbonyl (C=O) groups is 1. The van der Waals surface area contributed by atoms with E-state index >= 15 is 0 Å². The third-order valence-electron chi connectivity index (χ3n) is 2.38. The van der Waals surface area contributed by atoms with Gasteiger partial charge in [-0.1, -0.05) is 27.7 Å². The Balaban J connectivity index is 3.35. The van der Waals surface area contributed by atoms with Crippen molar-refractivity contribution in [1.29, 1.82) is 0 Å². The minimum absolute atomic E-state index is 0.371. The largest absolute Gasteiger partial charge is 0.298 e. The minimum atomic E-state index is 0.371. The van der Waals surface area contributed by atoms with Crippen molar-refractivity contribution in [2.75, 3.05) is 0 Å². The van der Waals surface area contributed by atoms with Gasteiger partial charge in [-0.15, -0.1) is 0 Å². The zero-order valence-electron chi connectivity index (χ0n) is 9.24. The summed E-state index contributed by atoms with van der Waals surface area (Å²) in [7, 11) is 0. The lowest BCUT2D eigenvalue weighted by Crippen LogP contribution is -2.04. The third-order valence-corrected chi connectivity index (χ3v) is 2.38. The van der Waals surface area contributed by atoms with Crippen molar-refractivity contribution in [1.82, 2.24) is 4.98 Å². The molecule has 0 N–H and O–H groups in total. The van der Waals surface area contributed by atoms with E-state index in [1.807, 2.05) is 6.20 Å².